The largest absolute Gasteiger partial charge is 0.495 e. The number of aromatic nitrogens is 1. The second-order valence-electron chi connectivity index (χ2n) is 5.98. The first kappa shape index (κ1) is 19.1. The van der Waals surface area contributed by atoms with E-state index in [9.17, 15) is 9.59 Å². The van der Waals surface area contributed by atoms with E-state index in [1.54, 1.807) is 12.5 Å². The lowest BCUT2D eigenvalue weighted by Gasteiger charge is -2.10. The Hall–Kier alpha value is -2.65. The Morgan fingerprint density at radius 3 is 2.96 bits per heavy atom. The van der Waals surface area contributed by atoms with E-state index in [4.69, 9.17) is 9.47 Å². The fraction of sp³-hybridized carbons (Fsp3) is 0.389. The quantitative estimate of drug-likeness (QED) is 0.637. The first-order valence-corrected chi connectivity index (χ1v) is 9.55. The molecule has 9 heteroatoms. The molecule has 1 unspecified atom stereocenters. The SMILES string of the molecule is COc1ccccc1Nc1nc(C(=O)NCC(=O)NCC2CCCO2)cs1. The number of hydrogen-bond acceptors (Lipinski definition) is 7. The number of benzene rings is 1. The molecule has 0 spiro atoms. The van der Waals surface area contributed by atoms with Gasteiger partial charge in [0.25, 0.3) is 5.91 Å². The molecular weight excluding hydrogens is 368 g/mol. The van der Waals surface area contributed by atoms with Crippen LogP contribution in [0.3, 0.4) is 0 Å². The topological polar surface area (TPSA) is 102 Å². The van der Waals surface area contributed by atoms with Crippen molar-refractivity contribution in [1.29, 1.82) is 0 Å². The minimum absolute atomic E-state index is 0.0757. The number of anilines is 2. The molecule has 1 atom stereocenters. The summed E-state index contributed by atoms with van der Waals surface area (Å²) in [5.41, 5.74) is 1.01. The lowest BCUT2D eigenvalue weighted by molar-refractivity contribution is -0.120. The smallest absolute Gasteiger partial charge is 0.271 e. The molecule has 2 aromatic rings. The zero-order valence-corrected chi connectivity index (χ0v) is 15.8. The number of rotatable bonds is 8. The summed E-state index contributed by atoms with van der Waals surface area (Å²) in [5, 5.41) is 10.7. The molecule has 1 saturated heterocycles. The normalized spacial score (nSPS) is 16.0. The van der Waals surface area contributed by atoms with Gasteiger partial charge in [0.15, 0.2) is 5.13 Å². The first-order valence-electron chi connectivity index (χ1n) is 8.68. The number of nitrogens with one attached hydrogen (secondary N) is 3. The molecule has 8 nitrogen and oxygen atoms in total. The van der Waals surface area contributed by atoms with Crippen molar-refractivity contribution >= 4 is 34.0 Å². The van der Waals surface area contributed by atoms with Crippen LogP contribution < -0.4 is 20.7 Å². The number of ether oxygens (including phenoxy) is 2. The average molecular weight is 390 g/mol. The predicted octanol–water partition coefficient (Wildman–Crippen LogP) is 1.92. The van der Waals surface area contributed by atoms with Crippen molar-refractivity contribution in [2.24, 2.45) is 0 Å². The molecule has 2 amide bonds. The monoisotopic (exact) mass is 390 g/mol. The minimum atomic E-state index is -0.397. The van der Waals surface area contributed by atoms with Crippen molar-refractivity contribution < 1.29 is 19.1 Å². The molecule has 1 aliphatic rings. The van der Waals surface area contributed by atoms with Gasteiger partial charge in [-0.05, 0) is 25.0 Å². The third kappa shape index (κ3) is 5.41. The third-order valence-electron chi connectivity index (χ3n) is 4.05. The second kappa shape index (κ2) is 9.33. The number of hydrogen-bond donors (Lipinski definition) is 3. The van der Waals surface area contributed by atoms with E-state index in [2.05, 4.69) is 20.9 Å². The van der Waals surface area contributed by atoms with Crippen molar-refractivity contribution in [2.45, 2.75) is 18.9 Å². The van der Waals surface area contributed by atoms with Crippen LogP contribution in [0.15, 0.2) is 29.6 Å². The number of nitrogens with zero attached hydrogens (tertiary/aromatic N) is 1. The van der Waals surface area contributed by atoms with Gasteiger partial charge in [0, 0.05) is 18.5 Å². The van der Waals surface area contributed by atoms with Crippen LogP contribution in [-0.4, -0.2) is 49.7 Å². The maximum atomic E-state index is 12.2. The summed E-state index contributed by atoms with van der Waals surface area (Å²) >= 11 is 1.30. The van der Waals surface area contributed by atoms with E-state index in [1.165, 1.54) is 11.3 Å². The number of carbonyl (C=O) groups is 2. The molecule has 0 aliphatic carbocycles. The summed E-state index contributed by atoms with van der Waals surface area (Å²) in [4.78, 5) is 28.3. The third-order valence-corrected chi connectivity index (χ3v) is 4.80. The highest BCUT2D eigenvalue weighted by Crippen LogP contribution is 2.28. The van der Waals surface area contributed by atoms with Gasteiger partial charge < -0.3 is 25.4 Å². The first-order chi connectivity index (χ1) is 13.2. The van der Waals surface area contributed by atoms with Gasteiger partial charge in [-0.15, -0.1) is 11.3 Å². The van der Waals surface area contributed by atoms with Crippen molar-refractivity contribution in [3.63, 3.8) is 0 Å². The van der Waals surface area contributed by atoms with Crippen LogP contribution >= 0.6 is 11.3 Å². The average Bonchev–Trinajstić information content (AvgIpc) is 3.37. The number of thiazole rings is 1. The van der Waals surface area contributed by atoms with Crippen LogP contribution in [0.2, 0.25) is 0 Å². The molecule has 0 radical (unpaired) electrons. The Labute approximate surface area is 161 Å². The Kier molecular flexibility index (Phi) is 6.61. The zero-order chi connectivity index (χ0) is 19.1. The van der Waals surface area contributed by atoms with E-state index < -0.39 is 5.91 Å². The minimum Gasteiger partial charge on any atom is -0.495 e. The van der Waals surface area contributed by atoms with Gasteiger partial charge in [-0.3, -0.25) is 9.59 Å². The predicted molar refractivity (Wildman–Crippen MR) is 103 cm³/mol. The summed E-state index contributed by atoms with van der Waals surface area (Å²) in [6.45, 7) is 1.11. The summed E-state index contributed by atoms with van der Waals surface area (Å²) in [7, 11) is 1.59. The summed E-state index contributed by atoms with van der Waals surface area (Å²) in [5.74, 6) is 0.0367. The molecule has 27 heavy (non-hydrogen) atoms. The lowest BCUT2D eigenvalue weighted by Crippen LogP contribution is -2.40. The van der Waals surface area contributed by atoms with Crippen LogP contribution in [0.25, 0.3) is 0 Å². The molecule has 0 saturated carbocycles. The van der Waals surface area contributed by atoms with Gasteiger partial charge in [-0.1, -0.05) is 12.1 Å². The van der Waals surface area contributed by atoms with Crippen molar-refractivity contribution in [3.8, 4) is 5.75 Å². The number of carbonyl (C=O) groups excluding carboxylic acids is 2. The van der Waals surface area contributed by atoms with Crippen molar-refractivity contribution in [1.82, 2.24) is 15.6 Å². The molecule has 0 bridgehead atoms. The Morgan fingerprint density at radius 1 is 1.33 bits per heavy atom. The molecular formula is C18H22N4O4S. The highest BCUT2D eigenvalue weighted by atomic mass is 32.1. The van der Waals surface area contributed by atoms with Crippen LogP contribution in [0, 0.1) is 0 Å². The Morgan fingerprint density at radius 2 is 2.19 bits per heavy atom. The van der Waals surface area contributed by atoms with Gasteiger partial charge in [-0.25, -0.2) is 4.98 Å². The van der Waals surface area contributed by atoms with E-state index >= 15 is 0 Å². The summed E-state index contributed by atoms with van der Waals surface area (Å²) in [6, 6.07) is 7.44. The molecule has 3 rings (SSSR count). The number of methoxy groups -OCH3 is 1. The van der Waals surface area contributed by atoms with E-state index in [1.807, 2.05) is 24.3 Å². The molecule has 3 N–H and O–H groups in total. The zero-order valence-electron chi connectivity index (χ0n) is 15.0. The van der Waals surface area contributed by atoms with Crippen LogP contribution in [0.5, 0.6) is 5.75 Å². The molecule has 1 fully saturated rings. The maximum absolute atomic E-state index is 12.2. The maximum Gasteiger partial charge on any atom is 0.271 e. The van der Waals surface area contributed by atoms with E-state index in [0.717, 1.165) is 25.1 Å². The standard InChI is InChI=1S/C18H22N4O4S/c1-25-15-7-3-2-6-13(15)21-18-22-14(11-27-18)17(24)20-10-16(23)19-9-12-5-4-8-26-12/h2-3,6-7,11-12H,4-5,8-10H2,1H3,(H,19,23)(H,20,24)(H,21,22). The Balaban J connectivity index is 1.47. The van der Waals surface area contributed by atoms with E-state index in [0.29, 0.717) is 17.4 Å². The van der Waals surface area contributed by atoms with Gasteiger partial charge in [0.2, 0.25) is 5.91 Å². The fourth-order valence-corrected chi connectivity index (χ4v) is 3.35. The molecule has 2 heterocycles. The van der Waals surface area contributed by atoms with Gasteiger partial charge in [0.1, 0.15) is 11.4 Å². The molecule has 1 aromatic carbocycles. The van der Waals surface area contributed by atoms with E-state index in [-0.39, 0.29) is 24.2 Å². The highest BCUT2D eigenvalue weighted by molar-refractivity contribution is 7.14. The van der Waals surface area contributed by atoms with Crippen molar-refractivity contribution in [3.05, 3.63) is 35.3 Å². The second-order valence-corrected chi connectivity index (χ2v) is 6.84. The highest BCUT2D eigenvalue weighted by Gasteiger charge is 2.17. The number of amides is 2. The number of para-hydroxylation sites is 2. The van der Waals surface area contributed by atoms with Gasteiger partial charge in [-0.2, -0.15) is 0 Å². The van der Waals surface area contributed by atoms with Gasteiger partial charge in [0.05, 0.1) is 25.4 Å². The van der Waals surface area contributed by atoms with Crippen LogP contribution in [-0.2, 0) is 9.53 Å². The van der Waals surface area contributed by atoms with Crippen molar-refractivity contribution in [2.75, 3.05) is 32.1 Å². The van der Waals surface area contributed by atoms with Crippen LogP contribution in [0.1, 0.15) is 23.3 Å². The Bertz CT molecular complexity index is 789. The van der Waals surface area contributed by atoms with Crippen LogP contribution in [0.4, 0.5) is 10.8 Å². The lowest BCUT2D eigenvalue weighted by atomic mass is 10.2. The summed E-state index contributed by atoms with van der Waals surface area (Å²) < 4.78 is 10.7. The fourth-order valence-electron chi connectivity index (χ4n) is 2.65. The molecule has 1 aliphatic heterocycles. The van der Waals surface area contributed by atoms with Gasteiger partial charge >= 0.3 is 0 Å². The molecule has 1 aromatic heterocycles. The summed E-state index contributed by atoms with van der Waals surface area (Å²) in [6.07, 6.45) is 2.05. The molecule has 144 valence electrons.